The van der Waals surface area contributed by atoms with E-state index in [-0.39, 0.29) is 23.8 Å². The number of nitrogens with zero attached hydrogens (tertiary/aromatic N) is 1. The largest absolute Gasteiger partial charge is 0.496 e. The van der Waals surface area contributed by atoms with Crippen molar-refractivity contribution in [2.75, 3.05) is 40.5 Å². The first-order valence-corrected chi connectivity index (χ1v) is 9.33. The minimum atomic E-state index is -0.199. The molecular weight excluding hydrogens is 350 g/mol. The van der Waals surface area contributed by atoms with Crippen molar-refractivity contribution in [2.24, 2.45) is 5.92 Å². The summed E-state index contributed by atoms with van der Waals surface area (Å²) in [6.07, 6.45) is 0. The molecule has 2 rings (SSSR count). The summed E-state index contributed by atoms with van der Waals surface area (Å²) in [6, 6.07) is 8.13. The Kier molecular flexibility index (Phi) is 7.66. The number of carbonyl (C=O) groups is 1. The van der Waals surface area contributed by atoms with E-state index in [0.717, 1.165) is 11.3 Å². The molecule has 26 heavy (non-hydrogen) atoms. The summed E-state index contributed by atoms with van der Waals surface area (Å²) < 4.78 is 10.6. The Labute approximate surface area is 161 Å². The lowest BCUT2D eigenvalue weighted by Gasteiger charge is -2.22. The Morgan fingerprint density at radius 3 is 2.69 bits per heavy atom. The summed E-state index contributed by atoms with van der Waals surface area (Å²) in [5, 5.41) is 6.93. The number of benzene rings is 1. The van der Waals surface area contributed by atoms with Gasteiger partial charge in [-0.3, -0.25) is 4.79 Å². The van der Waals surface area contributed by atoms with Gasteiger partial charge in [0.05, 0.1) is 19.6 Å². The van der Waals surface area contributed by atoms with Crippen LogP contribution in [-0.2, 0) is 9.53 Å². The molecule has 1 aromatic carbocycles. The molecule has 1 amide bonds. The van der Waals surface area contributed by atoms with Crippen molar-refractivity contribution in [1.29, 1.82) is 0 Å². The molecule has 2 N–H and O–H groups in total. The second-order valence-corrected chi connectivity index (χ2v) is 7.13. The first-order chi connectivity index (χ1) is 12.5. The van der Waals surface area contributed by atoms with Gasteiger partial charge in [0.2, 0.25) is 5.91 Å². The van der Waals surface area contributed by atoms with Crippen LogP contribution in [0.25, 0.3) is 0 Å². The van der Waals surface area contributed by atoms with Crippen LogP contribution >= 0.6 is 12.2 Å². The molecule has 0 aromatic heterocycles. The maximum absolute atomic E-state index is 12.8. The molecule has 1 heterocycles. The molecule has 1 aliphatic heterocycles. The molecule has 144 valence electrons. The van der Waals surface area contributed by atoms with Gasteiger partial charge in [-0.25, -0.2) is 0 Å². The molecule has 1 aliphatic rings. The summed E-state index contributed by atoms with van der Waals surface area (Å²) in [5.41, 5.74) is 1.04. The Morgan fingerprint density at radius 1 is 1.31 bits per heavy atom. The first kappa shape index (κ1) is 20.5. The molecule has 7 heteroatoms. The number of amides is 1. The van der Waals surface area contributed by atoms with E-state index in [1.807, 2.05) is 24.3 Å². The number of hydrogen-bond acceptors (Lipinski definition) is 4. The summed E-state index contributed by atoms with van der Waals surface area (Å²) in [6.45, 7) is 6.36. The third-order valence-corrected chi connectivity index (χ3v) is 4.88. The van der Waals surface area contributed by atoms with Gasteiger partial charge in [0.15, 0.2) is 5.11 Å². The molecule has 1 fully saturated rings. The minimum absolute atomic E-state index is 0.0145. The number of thiocarbonyl (C=S) groups is 1. The molecular formula is C19H29N3O3S. The van der Waals surface area contributed by atoms with Crippen molar-refractivity contribution in [3.05, 3.63) is 29.8 Å². The van der Waals surface area contributed by atoms with Crippen LogP contribution in [0.3, 0.4) is 0 Å². The normalized spacial score (nSPS) is 19.5. The average molecular weight is 380 g/mol. The molecule has 2 unspecified atom stereocenters. The topological polar surface area (TPSA) is 62.8 Å². The average Bonchev–Trinajstić information content (AvgIpc) is 3.06. The standard InChI is InChI=1S/C19H29N3O3S/c1-13(2)21-19(26)22-11-15(14-7-5-6-8-17(14)25-4)16(12-22)18(23)20-9-10-24-3/h5-8,13,15-16H,9-12H2,1-4H3,(H,20,23)(H,21,26). The minimum Gasteiger partial charge on any atom is -0.496 e. The van der Waals surface area contributed by atoms with Crippen LogP contribution < -0.4 is 15.4 Å². The van der Waals surface area contributed by atoms with Crippen molar-refractivity contribution in [1.82, 2.24) is 15.5 Å². The Bertz CT molecular complexity index is 624. The van der Waals surface area contributed by atoms with Gasteiger partial charge in [-0.2, -0.15) is 0 Å². The van der Waals surface area contributed by atoms with E-state index in [1.54, 1.807) is 14.2 Å². The Morgan fingerprint density at radius 2 is 2.04 bits per heavy atom. The molecule has 0 spiro atoms. The number of ether oxygens (including phenoxy) is 2. The number of likely N-dealkylation sites (tertiary alicyclic amines) is 1. The highest BCUT2D eigenvalue weighted by molar-refractivity contribution is 7.80. The zero-order valence-corrected chi connectivity index (χ0v) is 16.8. The molecule has 0 aliphatic carbocycles. The van der Waals surface area contributed by atoms with E-state index >= 15 is 0 Å². The van der Waals surface area contributed by atoms with E-state index in [4.69, 9.17) is 21.7 Å². The predicted octanol–water partition coefficient (Wildman–Crippen LogP) is 1.76. The van der Waals surface area contributed by atoms with Crippen molar-refractivity contribution < 1.29 is 14.3 Å². The van der Waals surface area contributed by atoms with Crippen LogP contribution in [0.4, 0.5) is 0 Å². The molecule has 6 nitrogen and oxygen atoms in total. The van der Waals surface area contributed by atoms with E-state index in [0.29, 0.717) is 31.4 Å². The van der Waals surface area contributed by atoms with Gasteiger partial charge in [0, 0.05) is 38.7 Å². The van der Waals surface area contributed by atoms with Crippen LogP contribution in [0.5, 0.6) is 5.75 Å². The van der Waals surface area contributed by atoms with E-state index in [1.165, 1.54) is 0 Å². The molecule has 0 bridgehead atoms. The lowest BCUT2D eigenvalue weighted by atomic mass is 9.87. The highest BCUT2D eigenvalue weighted by atomic mass is 32.1. The molecule has 0 radical (unpaired) electrons. The van der Waals surface area contributed by atoms with Gasteiger partial charge >= 0.3 is 0 Å². The summed E-state index contributed by atoms with van der Waals surface area (Å²) in [4.78, 5) is 14.9. The zero-order chi connectivity index (χ0) is 19.1. The SMILES string of the molecule is COCCNC(=O)C1CN(C(=S)NC(C)C)CC1c1ccccc1OC. The predicted molar refractivity (Wildman–Crippen MR) is 107 cm³/mol. The third kappa shape index (κ3) is 5.08. The lowest BCUT2D eigenvalue weighted by Crippen LogP contribution is -2.42. The fourth-order valence-electron chi connectivity index (χ4n) is 3.27. The number of rotatable bonds is 7. The lowest BCUT2D eigenvalue weighted by molar-refractivity contribution is -0.125. The van der Waals surface area contributed by atoms with Gasteiger partial charge in [-0.15, -0.1) is 0 Å². The highest BCUT2D eigenvalue weighted by Crippen LogP contribution is 2.37. The van der Waals surface area contributed by atoms with Crippen molar-refractivity contribution >= 4 is 23.2 Å². The fourth-order valence-corrected chi connectivity index (χ4v) is 3.65. The Hall–Kier alpha value is -1.86. The second-order valence-electron chi connectivity index (χ2n) is 6.75. The van der Waals surface area contributed by atoms with Crippen LogP contribution in [0.2, 0.25) is 0 Å². The molecule has 1 saturated heterocycles. The quantitative estimate of drug-likeness (QED) is 0.556. The van der Waals surface area contributed by atoms with Gasteiger partial charge in [0.1, 0.15) is 5.75 Å². The number of para-hydroxylation sites is 1. The van der Waals surface area contributed by atoms with Crippen LogP contribution in [0.15, 0.2) is 24.3 Å². The van der Waals surface area contributed by atoms with Crippen molar-refractivity contribution in [2.45, 2.75) is 25.8 Å². The third-order valence-electron chi connectivity index (χ3n) is 4.50. The van der Waals surface area contributed by atoms with Crippen molar-refractivity contribution in [3.63, 3.8) is 0 Å². The summed E-state index contributed by atoms with van der Waals surface area (Å²) >= 11 is 5.53. The van der Waals surface area contributed by atoms with Crippen molar-refractivity contribution in [3.8, 4) is 5.75 Å². The Balaban J connectivity index is 2.22. The smallest absolute Gasteiger partial charge is 0.225 e. The first-order valence-electron chi connectivity index (χ1n) is 8.93. The number of carbonyl (C=O) groups excluding carboxylic acids is 1. The van der Waals surface area contributed by atoms with Gasteiger partial charge in [-0.05, 0) is 37.7 Å². The van der Waals surface area contributed by atoms with E-state index < -0.39 is 0 Å². The maximum Gasteiger partial charge on any atom is 0.225 e. The highest BCUT2D eigenvalue weighted by Gasteiger charge is 2.40. The van der Waals surface area contributed by atoms with Crippen LogP contribution in [-0.4, -0.2) is 62.4 Å². The van der Waals surface area contributed by atoms with E-state index in [2.05, 4.69) is 29.4 Å². The summed E-state index contributed by atoms with van der Waals surface area (Å²) in [5.74, 6) is 0.639. The maximum atomic E-state index is 12.8. The number of hydrogen-bond donors (Lipinski definition) is 2. The van der Waals surface area contributed by atoms with E-state index in [9.17, 15) is 4.79 Å². The number of nitrogens with one attached hydrogen (secondary N) is 2. The zero-order valence-electron chi connectivity index (χ0n) is 16.0. The number of methoxy groups -OCH3 is 2. The van der Waals surface area contributed by atoms with Crippen LogP contribution in [0.1, 0.15) is 25.3 Å². The monoisotopic (exact) mass is 379 g/mol. The van der Waals surface area contributed by atoms with Gasteiger partial charge < -0.3 is 25.0 Å². The van der Waals surface area contributed by atoms with Gasteiger partial charge in [-0.1, -0.05) is 18.2 Å². The fraction of sp³-hybridized carbons (Fsp3) is 0.579. The summed E-state index contributed by atoms with van der Waals surface area (Å²) in [7, 11) is 3.28. The molecule has 1 aromatic rings. The second kappa shape index (κ2) is 9.73. The molecule has 0 saturated carbocycles. The molecule has 2 atom stereocenters. The van der Waals surface area contributed by atoms with Crippen LogP contribution in [0, 0.1) is 5.92 Å². The van der Waals surface area contributed by atoms with Gasteiger partial charge in [0.25, 0.3) is 0 Å².